The average molecular weight is 177 g/mol. The van der Waals surface area contributed by atoms with Crippen molar-refractivity contribution in [2.24, 2.45) is 0 Å². The normalized spacial score (nSPS) is 13.8. The summed E-state index contributed by atoms with van der Waals surface area (Å²) in [5.74, 6) is 1.96. The summed E-state index contributed by atoms with van der Waals surface area (Å²) >= 11 is 0. The van der Waals surface area contributed by atoms with E-state index in [-0.39, 0.29) is 6.61 Å². The van der Waals surface area contributed by atoms with Crippen molar-refractivity contribution in [3.05, 3.63) is 36.3 Å². The predicted molar refractivity (Wildman–Crippen MR) is 46.0 cm³/mol. The first kappa shape index (κ1) is 8.13. The van der Waals surface area contributed by atoms with Gasteiger partial charge in [0.25, 0.3) is 0 Å². The van der Waals surface area contributed by atoms with Crippen molar-refractivity contribution >= 4 is 0 Å². The quantitative estimate of drug-likeness (QED) is 0.694. The molecular weight excluding hydrogens is 168 g/mol. The lowest BCUT2D eigenvalue weighted by atomic mass is 10.3. The molecule has 67 valence electrons. The molecule has 1 aliphatic heterocycles. The van der Waals surface area contributed by atoms with E-state index in [0.717, 1.165) is 0 Å². The molecule has 1 aromatic carbocycles. The van der Waals surface area contributed by atoms with Crippen LogP contribution in [0.5, 0.6) is 11.5 Å². The second-order valence-corrected chi connectivity index (χ2v) is 2.70. The van der Waals surface area contributed by atoms with Gasteiger partial charge in [-0.25, -0.2) is 5.11 Å². The van der Waals surface area contributed by atoms with E-state index in [1.807, 2.05) is 24.3 Å². The maximum atomic E-state index is 10.3. The van der Waals surface area contributed by atoms with Gasteiger partial charge in [0, 0.05) is 6.42 Å². The minimum Gasteiger partial charge on any atom is -0.458 e. The van der Waals surface area contributed by atoms with Gasteiger partial charge >= 0.3 is 0 Å². The third kappa shape index (κ3) is 1.65. The molecule has 0 saturated heterocycles. The van der Waals surface area contributed by atoms with E-state index >= 15 is 0 Å². The summed E-state index contributed by atoms with van der Waals surface area (Å²) in [6.45, 7) is -0.183. The summed E-state index contributed by atoms with van der Waals surface area (Å²) in [6, 6.07) is 7.36. The Labute approximate surface area is 76.2 Å². The van der Waals surface area contributed by atoms with Crippen molar-refractivity contribution < 1.29 is 14.6 Å². The van der Waals surface area contributed by atoms with Gasteiger partial charge in [-0.05, 0) is 12.1 Å². The van der Waals surface area contributed by atoms with Gasteiger partial charge in [0.2, 0.25) is 0 Å². The van der Waals surface area contributed by atoms with Crippen LogP contribution in [-0.2, 0) is 5.11 Å². The molecule has 0 N–H and O–H groups in total. The molecule has 0 fully saturated rings. The highest BCUT2D eigenvalue weighted by Gasteiger charge is 2.12. The molecular formula is C10H9O3. The summed E-state index contributed by atoms with van der Waals surface area (Å²) in [5.41, 5.74) is 0. The van der Waals surface area contributed by atoms with E-state index in [0.29, 0.717) is 23.7 Å². The summed E-state index contributed by atoms with van der Waals surface area (Å²) in [4.78, 5) is 0. The van der Waals surface area contributed by atoms with Crippen LogP contribution < -0.4 is 9.47 Å². The van der Waals surface area contributed by atoms with Crippen molar-refractivity contribution in [1.82, 2.24) is 0 Å². The minimum atomic E-state index is -0.183. The van der Waals surface area contributed by atoms with Gasteiger partial charge in [-0.2, -0.15) is 0 Å². The molecule has 3 nitrogen and oxygen atoms in total. The molecule has 0 atom stereocenters. The van der Waals surface area contributed by atoms with Gasteiger partial charge in [-0.15, -0.1) is 0 Å². The molecule has 3 heteroatoms. The highest BCUT2D eigenvalue weighted by atomic mass is 16.6. The molecule has 0 bridgehead atoms. The molecule has 0 unspecified atom stereocenters. The van der Waals surface area contributed by atoms with E-state index < -0.39 is 0 Å². The number of ether oxygens (including phenoxy) is 2. The molecule has 1 aliphatic rings. The molecule has 0 amide bonds. The maximum absolute atomic E-state index is 10.3. The minimum absolute atomic E-state index is 0.183. The Morgan fingerprint density at radius 3 is 2.69 bits per heavy atom. The van der Waals surface area contributed by atoms with E-state index in [1.165, 1.54) is 6.26 Å². The monoisotopic (exact) mass is 177 g/mol. The maximum Gasteiger partial charge on any atom is 0.169 e. The van der Waals surface area contributed by atoms with Gasteiger partial charge in [0.05, 0.1) is 6.61 Å². The van der Waals surface area contributed by atoms with Gasteiger partial charge < -0.3 is 9.47 Å². The molecule has 0 aliphatic carbocycles. The number of benzene rings is 1. The fraction of sp³-hybridized carbons (Fsp3) is 0.200. The molecule has 13 heavy (non-hydrogen) atoms. The lowest BCUT2D eigenvalue weighted by Gasteiger charge is -2.16. The van der Waals surface area contributed by atoms with Gasteiger partial charge in [-0.1, -0.05) is 12.1 Å². The summed E-state index contributed by atoms with van der Waals surface area (Å²) in [7, 11) is 0. The topological polar surface area (TPSA) is 38.4 Å². The molecule has 0 spiro atoms. The second kappa shape index (κ2) is 3.49. The summed E-state index contributed by atoms with van der Waals surface area (Å²) < 4.78 is 10.7. The SMILES string of the molecule is [O]CCC1=COc2ccccc2O1. The second-order valence-electron chi connectivity index (χ2n) is 2.70. The smallest absolute Gasteiger partial charge is 0.169 e. The molecule has 0 saturated carbocycles. The largest absolute Gasteiger partial charge is 0.458 e. The molecule has 2 rings (SSSR count). The van der Waals surface area contributed by atoms with Crippen LogP contribution in [0, 0.1) is 0 Å². The Kier molecular flexibility index (Phi) is 2.19. The van der Waals surface area contributed by atoms with Crippen LogP contribution in [0.2, 0.25) is 0 Å². The third-order valence-electron chi connectivity index (χ3n) is 1.76. The van der Waals surface area contributed by atoms with Crippen LogP contribution in [0.1, 0.15) is 6.42 Å². The molecule has 0 aromatic heterocycles. The molecule has 1 aromatic rings. The summed E-state index contributed by atoms with van der Waals surface area (Å²) in [6.07, 6.45) is 1.86. The fourth-order valence-electron chi connectivity index (χ4n) is 1.14. The van der Waals surface area contributed by atoms with Crippen LogP contribution in [-0.4, -0.2) is 6.61 Å². The lowest BCUT2D eigenvalue weighted by Crippen LogP contribution is -2.05. The van der Waals surface area contributed by atoms with E-state index in [9.17, 15) is 5.11 Å². The Morgan fingerprint density at radius 1 is 1.15 bits per heavy atom. The fourth-order valence-corrected chi connectivity index (χ4v) is 1.14. The Hall–Kier alpha value is -1.48. The number of hydrogen-bond acceptors (Lipinski definition) is 2. The van der Waals surface area contributed by atoms with Crippen LogP contribution in [0.25, 0.3) is 0 Å². The van der Waals surface area contributed by atoms with Crippen molar-refractivity contribution in [3.63, 3.8) is 0 Å². The number of rotatable bonds is 2. The van der Waals surface area contributed by atoms with Gasteiger partial charge in [0.1, 0.15) is 12.0 Å². The lowest BCUT2D eigenvalue weighted by molar-refractivity contribution is 0.179. The molecule has 1 heterocycles. The van der Waals surface area contributed by atoms with Gasteiger partial charge in [0.15, 0.2) is 11.5 Å². The first-order valence-corrected chi connectivity index (χ1v) is 4.11. The van der Waals surface area contributed by atoms with Crippen molar-refractivity contribution in [3.8, 4) is 11.5 Å². The highest BCUT2D eigenvalue weighted by Crippen LogP contribution is 2.32. The average Bonchev–Trinajstić information content (AvgIpc) is 2.18. The van der Waals surface area contributed by atoms with Crippen molar-refractivity contribution in [1.29, 1.82) is 0 Å². The Morgan fingerprint density at radius 2 is 1.92 bits per heavy atom. The number of hydrogen-bond donors (Lipinski definition) is 0. The van der Waals surface area contributed by atoms with Gasteiger partial charge in [-0.3, -0.25) is 0 Å². The van der Waals surface area contributed by atoms with Crippen LogP contribution in [0.15, 0.2) is 36.3 Å². The predicted octanol–water partition coefficient (Wildman–Crippen LogP) is 2.12. The van der Waals surface area contributed by atoms with Crippen molar-refractivity contribution in [2.75, 3.05) is 6.61 Å². The van der Waals surface area contributed by atoms with Crippen LogP contribution in [0.4, 0.5) is 0 Å². The first-order chi connectivity index (χ1) is 6.40. The zero-order valence-corrected chi connectivity index (χ0v) is 7.03. The third-order valence-corrected chi connectivity index (χ3v) is 1.76. The first-order valence-electron chi connectivity index (χ1n) is 4.11. The Balaban J connectivity index is 2.18. The number of fused-ring (bicyclic) bond motifs is 1. The molecule has 1 radical (unpaired) electrons. The summed E-state index contributed by atoms with van der Waals surface area (Å²) in [5, 5.41) is 10.3. The highest BCUT2D eigenvalue weighted by molar-refractivity contribution is 5.42. The zero-order chi connectivity index (χ0) is 9.10. The van der Waals surface area contributed by atoms with Crippen LogP contribution >= 0.6 is 0 Å². The van der Waals surface area contributed by atoms with E-state index in [2.05, 4.69) is 0 Å². The standard InChI is InChI=1S/C10H9O3/c11-6-5-8-7-12-9-3-1-2-4-10(9)13-8/h1-4,7H,5-6H2. The number of para-hydroxylation sites is 2. The van der Waals surface area contributed by atoms with E-state index in [1.54, 1.807) is 0 Å². The van der Waals surface area contributed by atoms with E-state index in [4.69, 9.17) is 9.47 Å². The Bertz CT molecular complexity index is 331. The van der Waals surface area contributed by atoms with Crippen molar-refractivity contribution in [2.45, 2.75) is 6.42 Å². The van der Waals surface area contributed by atoms with Crippen LogP contribution in [0.3, 0.4) is 0 Å². The zero-order valence-electron chi connectivity index (χ0n) is 7.03.